The first-order chi connectivity index (χ1) is 8.92. The number of hydrogen-bond donors (Lipinski definition) is 0. The largest absolute Gasteiger partial charge is 0.464 e. The standard InChI is InChI=1S/C16H25NO2/c1-12-11-16(3,4)17(9-10-19-13(2)18)15-8-6-5-7-14(12)15/h5-6,8,12,14H,7,9-11H2,1-4H3. The summed E-state index contributed by atoms with van der Waals surface area (Å²) in [5.74, 6) is 1.13. The minimum atomic E-state index is -0.197. The third-order valence-corrected chi connectivity index (χ3v) is 4.34. The average molecular weight is 263 g/mol. The summed E-state index contributed by atoms with van der Waals surface area (Å²) in [4.78, 5) is 13.3. The second-order valence-corrected chi connectivity index (χ2v) is 6.35. The Kier molecular flexibility index (Phi) is 4.02. The molecule has 19 heavy (non-hydrogen) atoms. The lowest BCUT2D eigenvalue weighted by atomic mass is 9.72. The van der Waals surface area contributed by atoms with E-state index in [1.165, 1.54) is 19.0 Å². The Hall–Kier alpha value is -1.25. The molecule has 1 heterocycles. The first-order valence-electron chi connectivity index (χ1n) is 7.19. The number of fused-ring (bicyclic) bond motifs is 1. The molecule has 3 heteroatoms. The third kappa shape index (κ3) is 3.02. The van der Waals surface area contributed by atoms with E-state index in [2.05, 4.69) is 43.9 Å². The smallest absolute Gasteiger partial charge is 0.302 e. The number of hydrogen-bond acceptors (Lipinski definition) is 3. The van der Waals surface area contributed by atoms with E-state index < -0.39 is 0 Å². The van der Waals surface area contributed by atoms with E-state index in [4.69, 9.17) is 4.74 Å². The SMILES string of the molecule is CC(=O)OCCN1C2=CC=CCC2C(C)CC1(C)C. The van der Waals surface area contributed by atoms with Crippen molar-refractivity contribution in [1.82, 2.24) is 4.90 Å². The van der Waals surface area contributed by atoms with Gasteiger partial charge in [-0.2, -0.15) is 0 Å². The Morgan fingerprint density at radius 3 is 2.95 bits per heavy atom. The number of carbonyl (C=O) groups is 1. The van der Waals surface area contributed by atoms with Gasteiger partial charge in [-0.15, -0.1) is 0 Å². The van der Waals surface area contributed by atoms with E-state index in [0.29, 0.717) is 18.4 Å². The van der Waals surface area contributed by atoms with Crippen LogP contribution >= 0.6 is 0 Å². The van der Waals surface area contributed by atoms with Gasteiger partial charge in [-0.25, -0.2) is 0 Å². The molecule has 3 nitrogen and oxygen atoms in total. The van der Waals surface area contributed by atoms with Gasteiger partial charge in [0.2, 0.25) is 0 Å². The fourth-order valence-corrected chi connectivity index (χ4v) is 3.55. The Morgan fingerprint density at radius 1 is 1.53 bits per heavy atom. The summed E-state index contributed by atoms with van der Waals surface area (Å²) in [6.45, 7) is 9.65. The lowest BCUT2D eigenvalue weighted by molar-refractivity contribution is -0.141. The molecule has 1 fully saturated rings. The van der Waals surface area contributed by atoms with Crippen LogP contribution in [0.15, 0.2) is 23.9 Å². The Bertz CT molecular complexity index is 409. The second-order valence-electron chi connectivity index (χ2n) is 6.35. The van der Waals surface area contributed by atoms with Crippen molar-refractivity contribution < 1.29 is 9.53 Å². The monoisotopic (exact) mass is 263 g/mol. The fourth-order valence-electron chi connectivity index (χ4n) is 3.55. The Morgan fingerprint density at radius 2 is 2.26 bits per heavy atom. The fraction of sp³-hybridized carbons (Fsp3) is 0.688. The van der Waals surface area contributed by atoms with Crippen LogP contribution in [0.3, 0.4) is 0 Å². The first-order valence-corrected chi connectivity index (χ1v) is 7.19. The lowest BCUT2D eigenvalue weighted by Crippen LogP contribution is -2.52. The highest BCUT2D eigenvalue weighted by molar-refractivity contribution is 5.65. The van der Waals surface area contributed by atoms with E-state index >= 15 is 0 Å². The van der Waals surface area contributed by atoms with Gasteiger partial charge in [-0.3, -0.25) is 4.79 Å². The minimum Gasteiger partial charge on any atom is -0.464 e. The van der Waals surface area contributed by atoms with Crippen LogP contribution in [0, 0.1) is 11.8 Å². The van der Waals surface area contributed by atoms with Gasteiger partial charge in [-0.05, 0) is 38.7 Å². The molecule has 0 radical (unpaired) electrons. The zero-order valence-electron chi connectivity index (χ0n) is 12.5. The molecule has 0 aromatic heterocycles. The van der Waals surface area contributed by atoms with Gasteiger partial charge in [0, 0.05) is 24.1 Å². The summed E-state index contributed by atoms with van der Waals surface area (Å²) in [5.41, 5.74) is 1.55. The highest BCUT2D eigenvalue weighted by Crippen LogP contribution is 2.43. The van der Waals surface area contributed by atoms with Crippen molar-refractivity contribution in [2.75, 3.05) is 13.2 Å². The number of ether oxygens (including phenoxy) is 1. The first kappa shape index (κ1) is 14.2. The van der Waals surface area contributed by atoms with Gasteiger partial charge in [-0.1, -0.05) is 19.1 Å². The maximum atomic E-state index is 10.9. The summed E-state index contributed by atoms with van der Waals surface area (Å²) in [6.07, 6.45) is 8.96. The molecule has 0 aromatic rings. The molecule has 1 aliphatic carbocycles. The highest BCUT2D eigenvalue weighted by atomic mass is 16.5. The number of allylic oxidation sites excluding steroid dienone is 4. The molecule has 0 saturated carbocycles. The van der Waals surface area contributed by atoms with Gasteiger partial charge in [0.05, 0.1) is 6.54 Å². The van der Waals surface area contributed by atoms with E-state index in [0.717, 1.165) is 13.0 Å². The molecule has 0 spiro atoms. The van der Waals surface area contributed by atoms with Crippen molar-refractivity contribution in [2.45, 2.75) is 46.1 Å². The predicted octanol–water partition coefficient (Wildman–Crippen LogP) is 3.13. The van der Waals surface area contributed by atoms with E-state index in [1.54, 1.807) is 0 Å². The van der Waals surface area contributed by atoms with Crippen LogP contribution in [0.2, 0.25) is 0 Å². The molecule has 2 aliphatic rings. The van der Waals surface area contributed by atoms with Gasteiger partial charge in [0.25, 0.3) is 0 Å². The predicted molar refractivity (Wildman–Crippen MR) is 76.5 cm³/mol. The molecule has 2 rings (SSSR count). The normalized spacial score (nSPS) is 28.6. The number of likely N-dealkylation sites (tertiary alicyclic amines) is 1. The molecule has 106 valence electrons. The molecule has 0 bridgehead atoms. The van der Waals surface area contributed by atoms with Crippen molar-refractivity contribution in [3.63, 3.8) is 0 Å². The number of piperidine rings is 1. The molecular formula is C16H25NO2. The number of esters is 1. The van der Waals surface area contributed by atoms with Crippen molar-refractivity contribution in [3.8, 4) is 0 Å². The summed E-state index contributed by atoms with van der Waals surface area (Å²) in [6, 6.07) is 0. The topological polar surface area (TPSA) is 29.5 Å². The van der Waals surface area contributed by atoms with Crippen LogP contribution in [0.25, 0.3) is 0 Å². The van der Waals surface area contributed by atoms with Crippen LogP contribution < -0.4 is 0 Å². The highest BCUT2D eigenvalue weighted by Gasteiger charge is 2.41. The van der Waals surface area contributed by atoms with Crippen LogP contribution in [0.1, 0.15) is 40.5 Å². The molecule has 2 unspecified atom stereocenters. The Balaban J connectivity index is 2.14. The van der Waals surface area contributed by atoms with Crippen LogP contribution in [-0.4, -0.2) is 29.6 Å². The van der Waals surface area contributed by atoms with Crippen LogP contribution in [0.5, 0.6) is 0 Å². The molecule has 0 amide bonds. The summed E-state index contributed by atoms with van der Waals surface area (Å²) >= 11 is 0. The van der Waals surface area contributed by atoms with Crippen LogP contribution in [-0.2, 0) is 9.53 Å². The van der Waals surface area contributed by atoms with Crippen molar-refractivity contribution >= 4 is 5.97 Å². The van der Waals surface area contributed by atoms with Gasteiger partial charge >= 0.3 is 5.97 Å². The molecule has 1 saturated heterocycles. The van der Waals surface area contributed by atoms with E-state index in [1.807, 2.05) is 0 Å². The number of nitrogens with zero attached hydrogens (tertiary/aromatic N) is 1. The maximum absolute atomic E-state index is 10.9. The third-order valence-electron chi connectivity index (χ3n) is 4.34. The molecule has 2 atom stereocenters. The lowest BCUT2D eigenvalue weighted by Gasteiger charge is -2.52. The maximum Gasteiger partial charge on any atom is 0.302 e. The number of carbonyl (C=O) groups excluding carboxylic acids is 1. The van der Waals surface area contributed by atoms with Gasteiger partial charge in [0.1, 0.15) is 6.61 Å². The van der Waals surface area contributed by atoms with E-state index in [-0.39, 0.29) is 11.5 Å². The Labute approximate surface area is 116 Å². The molecule has 1 aliphatic heterocycles. The molecule has 0 N–H and O–H groups in total. The zero-order valence-corrected chi connectivity index (χ0v) is 12.5. The average Bonchev–Trinajstić information content (AvgIpc) is 2.32. The number of rotatable bonds is 3. The minimum absolute atomic E-state index is 0.132. The van der Waals surface area contributed by atoms with E-state index in [9.17, 15) is 4.79 Å². The van der Waals surface area contributed by atoms with Crippen molar-refractivity contribution in [1.29, 1.82) is 0 Å². The van der Waals surface area contributed by atoms with Crippen molar-refractivity contribution in [2.24, 2.45) is 11.8 Å². The molecular weight excluding hydrogens is 238 g/mol. The second kappa shape index (κ2) is 5.40. The summed E-state index contributed by atoms with van der Waals surface area (Å²) in [7, 11) is 0. The zero-order chi connectivity index (χ0) is 14.0. The van der Waals surface area contributed by atoms with Gasteiger partial charge < -0.3 is 9.64 Å². The van der Waals surface area contributed by atoms with Crippen LogP contribution in [0.4, 0.5) is 0 Å². The summed E-state index contributed by atoms with van der Waals surface area (Å²) < 4.78 is 5.12. The summed E-state index contributed by atoms with van der Waals surface area (Å²) in [5, 5.41) is 0. The van der Waals surface area contributed by atoms with Gasteiger partial charge in [0.15, 0.2) is 0 Å². The quantitative estimate of drug-likeness (QED) is 0.733. The molecule has 0 aromatic carbocycles. The van der Waals surface area contributed by atoms with Crippen molar-refractivity contribution in [3.05, 3.63) is 23.9 Å².